The summed E-state index contributed by atoms with van der Waals surface area (Å²) < 4.78 is 28.5. The molecule has 0 fully saturated rings. The van der Waals surface area contributed by atoms with Crippen molar-refractivity contribution in [1.82, 2.24) is 4.57 Å². The first kappa shape index (κ1) is 18.7. The predicted molar refractivity (Wildman–Crippen MR) is 99.0 cm³/mol. The average Bonchev–Trinajstić information content (AvgIpc) is 2.89. The van der Waals surface area contributed by atoms with Crippen LogP contribution in [-0.2, 0) is 13.0 Å². The third-order valence-electron chi connectivity index (χ3n) is 3.88. The number of halogens is 3. The summed E-state index contributed by atoms with van der Waals surface area (Å²) in [6.45, 7) is 0.960. The Labute approximate surface area is 150 Å². The van der Waals surface area contributed by atoms with Gasteiger partial charge in [0, 0.05) is 30.2 Å². The lowest BCUT2D eigenvalue weighted by molar-refractivity contribution is 0.506. The van der Waals surface area contributed by atoms with E-state index in [0.29, 0.717) is 25.1 Å². The monoisotopic (exact) mass is 364 g/mol. The van der Waals surface area contributed by atoms with Crippen molar-refractivity contribution in [3.8, 4) is 0 Å². The lowest BCUT2D eigenvalue weighted by Gasteiger charge is -2.06. The smallest absolute Gasteiger partial charge is 0.185 e. The molecular formula is C18H19ClF2N4. The fraction of sp³-hybridized carbons (Fsp3) is 0.167. The topological polar surface area (TPSA) is 69.3 Å². The standard InChI is InChI=1S/C18H18F2N4.ClH/c19-15-6-5-12(9-16(15)20)10-24-11-13(7-8-23-18(21)22)14-3-1-2-4-17(14)24;/h1-6,9,11H,7-8,10H2,(H4,21,22,23);1H. The van der Waals surface area contributed by atoms with E-state index < -0.39 is 11.6 Å². The van der Waals surface area contributed by atoms with Crippen LogP contribution in [0.3, 0.4) is 0 Å². The molecule has 0 aliphatic heterocycles. The summed E-state index contributed by atoms with van der Waals surface area (Å²) in [5.41, 5.74) is 13.6. The molecule has 4 N–H and O–H groups in total. The van der Waals surface area contributed by atoms with E-state index in [2.05, 4.69) is 4.99 Å². The molecule has 25 heavy (non-hydrogen) atoms. The molecule has 2 aromatic carbocycles. The van der Waals surface area contributed by atoms with Crippen molar-refractivity contribution in [1.29, 1.82) is 0 Å². The van der Waals surface area contributed by atoms with Crippen molar-refractivity contribution in [2.24, 2.45) is 16.5 Å². The van der Waals surface area contributed by atoms with Crippen LogP contribution in [-0.4, -0.2) is 17.1 Å². The van der Waals surface area contributed by atoms with Gasteiger partial charge in [0.05, 0.1) is 0 Å². The number of nitrogens with zero attached hydrogens (tertiary/aromatic N) is 2. The van der Waals surface area contributed by atoms with Crippen LogP contribution in [0.4, 0.5) is 8.78 Å². The molecule has 0 unspecified atom stereocenters. The molecule has 0 spiro atoms. The summed E-state index contributed by atoms with van der Waals surface area (Å²) >= 11 is 0. The second-order valence-corrected chi connectivity index (χ2v) is 5.60. The van der Waals surface area contributed by atoms with Crippen LogP contribution in [0.2, 0.25) is 0 Å². The highest BCUT2D eigenvalue weighted by Crippen LogP contribution is 2.23. The molecule has 1 heterocycles. The molecule has 0 saturated heterocycles. The maximum atomic E-state index is 13.4. The number of hydrogen-bond acceptors (Lipinski definition) is 1. The summed E-state index contributed by atoms with van der Waals surface area (Å²) in [4.78, 5) is 4.01. The molecule has 3 aromatic rings. The van der Waals surface area contributed by atoms with Crippen LogP contribution in [0, 0.1) is 11.6 Å². The van der Waals surface area contributed by atoms with Gasteiger partial charge in [0.15, 0.2) is 17.6 Å². The van der Waals surface area contributed by atoms with Gasteiger partial charge in [-0.15, -0.1) is 12.4 Å². The number of guanidine groups is 1. The average molecular weight is 365 g/mol. The lowest BCUT2D eigenvalue weighted by Crippen LogP contribution is -2.23. The van der Waals surface area contributed by atoms with Crippen molar-refractivity contribution in [3.63, 3.8) is 0 Å². The van der Waals surface area contributed by atoms with Crippen LogP contribution >= 0.6 is 12.4 Å². The summed E-state index contributed by atoms with van der Waals surface area (Å²) in [6, 6.07) is 11.9. The number of nitrogens with two attached hydrogens (primary N) is 2. The molecule has 0 aliphatic rings. The van der Waals surface area contributed by atoms with Crippen molar-refractivity contribution in [2.45, 2.75) is 13.0 Å². The Bertz CT molecular complexity index is 901. The van der Waals surface area contributed by atoms with Gasteiger partial charge in [-0.1, -0.05) is 24.3 Å². The molecule has 4 nitrogen and oxygen atoms in total. The fourth-order valence-corrected chi connectivity index (χ4v) is 2.79. The first-order valence-electron chi connectivity index (χ1n) is 7.60. The second kappa shape index (κ2) is 7.98. The van der Waals surface area contributed by atoms with Crippen LogP contribution in [0.1, 0.15) is 11.1 Å². The third kappa shape index (κ3) is 4.28. The van der Waals surface area contributed by atoms with Crippen LogP contribution in [0.5, 0.6) is 0 Å². The fourth-order valence-electron chi connectivity index (χ4n) is 2.79. The maximum Gasteiger partial charge on any atom is 0.185 e. The van der Waals surface area contributed by atoms with Crippen molar-refractivity contribution in [3.05, 3.63) is 71.4 Å². The molecule has 7 heteroatoms. The molecule has 0 aliphatic carbocycles. The lowest BCUT2D eigenvalue weighted by atomic mass is 10.1. The van der Waals surface area contributed by atoms with E-state index in [0.717, 1.165) is 22.5 Å². The highest BCUT2D eigenvalue weighted by molar-refractivity contribution is 5.85. The van der Waals surface area contributed by atoms with Crippen molar-refractivity contribution < 1.29 is 8.78 Å². The number of rotatable bonds is 5. The van der Waals surface area contributed by atoms with E-state index >= 15 is 0 Å². The molecule has 0 amide bonds. The first-order valence-corrected chi connectivity index (χ1v) is 7.60. The van der Waals surface area contributed by atoms with Crippen LogP contribution < -0.4 is 11.5 Å². The normalized spacial score (nSPS) is 10.5. The number of para-hydroxylation sites is 1. The summed E-state index contributed by atoms with van der Waals surface area (Å²) in [6.07, 6.45) is 2.71. The SMILES string of the molecule is Cl.NC(N)=NCCc1cn(Cc2ccc(F)c(F)c2)c2ccccc12. The van der Waals surface area contributed by atoms with Gasteiger partial charge >= 0.3 is 0 Å². The molecular weight excluding hydrogens is 346 g/mol. The second-order valence-electron chi connectivity index (χ2n) is 5.60. The molecule has 1 aromatic heterocycles. The van der Waals surface area contributed by atoms with Crippen LogP contribution in [0.15, 0.2) is 53.7 Å². The van der Waals surface area contributed by atoms with E-state index in [9.17, 15) is 8.78 Å². The minimum absolute atomic E-state index is 0. The third-order valence-corrected chi connectivity index (χ3v) is 3.88. The van der Waals surface area contributed by atoms with Gasteiger partial charge < -0.3 is 16.0 Å². The minimum atomic E-state index is -0.839. The first-order chi connectivity index (χ1) is 11.5. The highest BCUT2D eigenvalue weighted by atomic mass is 35.5. The van der Waals surface area contributed by atoms with E-state index in [1.54, 1.807) is 6.07 Å². The number of fused-ring (bicyclic) bond motifs is 1. The molecule has 3 rings (SSSR count). The van der Waals surface area contributed by atoms with Crippen molar-refractivity contribution >= 4 is 29.3 Å². The Morgan fingerprint density at radius 3 is 2.52 bits per heavy atom. The number of aliphatic imine (C=N–C) groups is 1. The Balaban J connectivity index is 0.00000225. The zero-order valence-electron chi connectivity index (χ0n) is 13.5. The predicted octanol–water partition coefficient (Wildman–Crippen LogP) is 3.21. The maximum absolute atomic E-state index is 13.4. The van der Waals surface area contributed by atoms with E-state index in [-0.39, 0.29) is 18.4 Å². The van der Waals surface area contributed by atoms with Crippen LogP contribution in [0.25, 0.3) is 10.9 Å². The molecule has 132 valence electrons. The van der Waals surface area contributed by atoms with Gasteiger partial charge in [0.25, 0.3) is 0 Å². The molecule has 0 radical (unpaired) electrons. The largest absolute Gasteiger partial charge is 0.370 e. The van der Waals surface area contributed by atoms with Crippen molar-refractivity contribution in [2.75, 3.05) is 6.54 Å². The highest BCUT2D eigenvalue weighted by Gasteiger charge is 2.09. The summed E-state index contributed by atoms with van der Waals surface area (Å²) in [5.74, 6) is -1.61. The Morgan fingerprint density at radius 2 is 1.80 bits per heavy atom. The zero-order chi connectivity index (χ0) is 17.1. The van der Waals surface area contributed by atoms with E-state index in [4.69, 9.17) is 11.5 Å². The van der Waals surface area contributed by atoms with Gasteiger partial charge in [-0.05, 0) is 35.7 Å². The quantitative estimate of drug-likeness (QED) is 0.539. The van der Waals surface area contributed by atoms with Gasteiger partial charge in [-0.2, -0.15) is 0 Å². The van der Waals surface area contributed by atoms with E-state index in [1.165, 1.54) is 6.07 Å². The van der Waals surface area contributed by atoms with Gasteiger partial charge in [-0.3, -0.25) is 4.99 Å². The van der Waals surface area contributed by atoms with Gasteiger partial charge in [0.2, 0.25) is 0 Å². The number of hydrogen-bond donors (Lipinski definition) is 2. The number of aromatic nitrogens is 1. The Morgan fingerprint density at radius 1 is 1.04 bits per heavy atom. The zero-order valence-corrected chi connectivity index (χ0v) is 14.3. The Kier molecular flexibility index (Phi) is 5.98. The number of benzene rings is 2. The molecule has 0 saturated carbocycles. The van der Waals surface area contributed by atoms with E-state index in [1.807, 2.05) is 35.0 Å². The Hall–Kier alpha value is -2.60. The summed E-state index contributed by atoms with van der Waals surface area (Å²) in [5, 5.41) is 1.10. The minimum Gasteiger partial charge on any atom is -0.370 e. The summed E-state index contributed by atoms with van der Waals surface area (Å²) in [7, 11) is 0. The van der Waals surface area contributed by atoms with Gasteiger partial charge in [0.1, 0.15) is 0 Å². The molecule has 0 bridgehead atoms. The molecule has 0 atom stereocenters. The van der Waals surface area contributed by atoms with Gasteiger partial charge in [-0.25, -0.2) is 8.78 Å².